The largest absolute Gasteiger partial charge is 0.347 e. The van der Waals surface area contributed by atoms with Crippen molar-refractivity contribution in [1.82, 2.24) is 15.5 Å². The first-order valence-corrected chi connectivity index (χ1v) is 8.96. The second kappa shape index (κ2) is 6.57. The van der Waals surface area contributed by atoms with Crippen molar-refractivity contribution in [2.24, 2.45) is 0 Å². The normalized spacial score (nSPS) is 13.8. The van der Waals surface area contributed by atoms with Crippen LogP contribution < -0.4 is 5.32 Å². The summed E-state index contributed by atoms with van der Waals surface area (Å²) < 4.78 is 19.0. The topological polar surface area (TPSA) is 68.0 Å². The van der Waals surface area contributed by atoms with Crippen molar-refractivity contribution in [3.05, 3.63) is 57.4 Å². The molecular formula is C17H13ClFN3O2S. The molecule has 128 valence electrons. The molecule has 8 heteroatoms. The Morgan fingerprint density at radius 1 is 1.36 bits per heavy atom. The zero-order valence-corrected chi connectivity index (χ0v) is 14.5. The first-order valence-electron chi connectivity index (χ1n) is 7.76. The monoisotopic (exact) mass is 377 g/mol. The summed E-state index contributed by atoms with van der Waals surface area (Å²) in [7, 11) is 0. The van der Waals surface area contributed by atoms with Crippen LogP contribution in [0.3, 0.4) is 0 Å². The third-order valence-corrected chi connectivity index (χ3v) is 5.26. The average Bonchev–Trinajstić information content (AvgIpc) is 3.13. The van der Waals surface area contributed by atoms with E-state index in [-0.39, 0.29) is 17.1 Å². The Kier molecular flexibility index (Phi) is 4.27. The number of hydrogen-bond donors (Lipinski definition) is 1. The SMILES string of the molecule is O=C(NCc1ccc(-c2nc(C3CC3)no2)s1)c1c(F)cccc1Cl. The van der Waals surface area contributed by atoms with Crippen LogP contribution in [-0.4, -0.2) is 16.0 Å². The molecule has 1 N–H and O–H groups in total. The van der Waals surface area contributed by atoms with Gasteiger partial charge in [0.2, 0.25) is 0 Å². The van der Waals surface area contributed by atoms with Crippen molar-refractivity contribution in [2.75, 3.05) is 0 Å². The maximum atomic E-state index is 13.8. The molecule has 0 aliphatic heterocycles. The zero-order valence-electron chi connectivity index (χ0n) is 13.0. The van der Waals surface area contributed by atoms with Gasteiger partial charge in [-0.15, -0.1) is 11.3 Å². The Morgan fingerprint density at radius 3 is 2.96 bits per heavy atom. The highest BCUT2D eigenvalue weighted by Gasteiger charge is 2.29. The van der Waals surface area contributed by atoms with Gasteiger partial charge < -0.3 is 9.84 Å². The van der Waals surface area contributed by atoms with Gasteiger partial charge in [-0.3, -0.25) is 4.79 Å². The van der Waals surface area contributed by atoms with E-state index < -0.39 is 11.7 Å². The van der Waals surface area contributed by atoms with E-state index in [4.69, 9.17) is 16.1 Å². The molecule has 0 radical (unpaired) electrons. The van der Waals surface area contributed by atoms with Crippen molar-refractivity contribution in [2.45, 2.75) is 25.3 Å². The zero-order chi connectivity index (χ0) is 17.4. The van der Waals surface area contributed by atoms with Gasteiger partial charge in [-0.05, 0) is 37.1 Å². The Labute approximate surface area is 151 Å². The fourth-order valence-electron chi connectivity index (χ4n) is 2.40. The summed E-state index contributed by atoms with van der Waals surface area (Å²) in [6, 6.07) is 7.88. The van der Waals surface area contributed by atoms with Crippen LogP contribution in [0.15, 0.2) is 34.9 Å². The van der Waals surface area contributed by atoms with Gasteiger partial charge in [0.25, 0.3) is 11.8 Å². The fourth-order valence-corrected chi connectivity index (χ4v) is 3.52. The molecule has 0 bridgehead atoms. The first-order chi connectivity index (χ1) is 12.1. The van der Waals surface area contributed by atoms with Crippen molar-refractivity contribution in [3.63, 3.8) is 0 Å². The minimum Gasteiger partial charge on any atom is -0.347 e. The summed E-state index contributed by atoms with van der Waals surface area (Å²) >= 11 is 7.34. The number of nitrogens with one attached hydrogen (secondary N) is 1. The van der Waals surface area contributed by atoms with Crippen LogP contribution in [0, 0.1) is 5.82 Å². The van der Waals surface area contributed by atoms with Gasteiger partial charge in [-0.1, -0.05) is 22.8 Å². The lowest BCUT2D eigenvalue weighted by Crippen LogP contribution is -2.23. The molecule has 0 atom stereocenters. The van der Waals surface area contributed by atoms with Gasteiger partial charge in [-0.2, -0.15) is 4.98 Å². The Bertz CT molecular complexity index is 915. The van der Waals surface area contributed by atoms with Crippen LogP contribution >= 0.6 is 22.9 Å². The van der Waals surface area contributed by atoms with Crippen molar-refractivity contribution in [1.29, 1.82) is 0 Å². The van der Waals surface area contributed by atoms with Crippen molar-refractivity contribution >= 4 is 28.8 Å². The molecule has 1 aliphatic carbocycles. The van der Waals surface area contributed by atoms with Crippen molar-refractivity contribution < 1.29 is 13.7 Å². The molecule has 1 aliphatic rings. The number of amides is 1. The molecule has 25 heavy (non-hydrogen) atoms. The Balaban J connectivity index is 1.43. The molecular weight excluding hydrogens is 365 g/mol. The number of hydrogen-bond acceptors (Lipinski definition) is 5. The number of carbonyl (C=O) groups is 1. The Morgan fingerprint density at radius 2 is 2.20 bits per heavy atom. The molecule has 1 fully saturated rings. The van der Waals surface area contributed by atoms with Crippen LogP contribution in [-0.2, 0) is 6.54 Å². The quantitative estimate of drug-likeness (QED) is 0.715. The summed E-state index contributed by atoms with van der Waals surface area (Å²) in [4.78, 5) is 18.3. The second-order valence-corrected chi connectivity index (χ2v) is 7.35. The van der Waals surface area contributed by atoms with Gasteiger partial charge in [0.15, 0.2) is 5.82 Å². The lowest BCUT2D eigenvalue weighted by molar-refractivity contribution is 0.0947. The lowest BCUT2D eigenvalue weighted by atomic mass is 10.2. The molecule has 1 saturated carbocycles. The molecule has 5 nitrogen and oxygen atoms in total. The summed E-state index contributed by atoms with van der Waals surface area (Å²) in [6.07, 6.45) is 2.22. The summed E-state index contributed by atoms with van der Waals surface area (Å²) in [6.45, 7) is 0.262. The standard InChI is InChI=1S/C17H13ClFN3O2S/c18-11-2-1-3-12(19)14(11)16(23)20-8-10-6-7-13(25-10)17-21-15(22-24-17)9-4-5-9/h1-3,6-7,9H,4-5,8H2,(H,20,23). The first kappa shape index (κ1) is 16.2. The van der Waals surface area contributed by atoms with Crippen LogP contribution in [0.2, 0.25) is 5.02 Å². The van der Waals surface area contributed by atoms with E-state index in [1.807, 2.05) is 12.1 Å². The van der Waals surface area contributed by atoms with Crippen molar-refractivity contribution in [3.8, 4) is 10.8 Å². The van der Waals surface area contributed by atoms with Crippen LogP contribution in [0.4, 0.5) is 4.39 Å². The minimum absolute atomic E-state index is 0.0860. The smallest absolute Gasteiger partial charge is 0.268 e. The highest BCUT2D eigenvalue weighted by Crippen LogP contribution is 2.39. The summed E-state index contributed by atoms with van der Waals surface area (Å²) in [5.41, 5.74) is -0.146. The van der Waals surface area contributed by atoms with Gasteiger partial charge in [0, 0.05) is 10.8 Å². The van der Waals surface area contributed by atoms with Crippen LogP contribution in [0.25, 0.3) is 10.8 Å². The van der Waals surface area contributed by atoms with Gasteiger partial charge >= 0.3 is 0 Å². The number of benzene rings is 1. The molecule has 3 aromatic rings. The van der Waals surface area contributed by atoms with E-state index in [0.29, 0.717) is 11.8 Å². The third-order valence-electron chi connectivity index (χ3n) is 3.87. The lowest BCUT2D eigenvalue weighted by Gasteiger charge is -2.06. The van der Waals surface area contributed by atoms with Gasteiger partial charge in [0.1, 0.15) is 5.82 Å². The molecule has 0 saturated heterocycles. The molecule has 1 amide bonds. The van der Waals surface area contributed by atoms with Crippen LogP contribution in [0.1, 0.15) is 39.8 Å². The summed E-state index contributed by atoms with van der Waals surface area (Å²) in [5.74, 6) is 0.484. The number of halogens is 2. The van der Waals surface area contributed by atoms with E-state index in [0.717, 1.165) is 28.4 Å². The molecule has 2 aromatic heterocycles. The van der Waals surface area contributed by atoms with E-state index in [9.17, 15) is 9.18 Å². The van der Waals surface area contributed by atoms with E-state index in [1.165, 1.54) is 29.5 Å². The molecule has 1 aromatic carbocycles. The average molecular weight is 378 g/mol. The third kappa shape index (κ3) is 3.43. The van der Waals surface area contributed by atoms with Crippen LogP contribution in [0.5, 0.6) is 0 Å². The van der Waals surface area contributed by atoms with Gasteiger partial charge in [0.05, 0.1) is 22.0 Å². The number of carbonyl (C=O) groups excluding carboxylic acids is 1. The maximum Gasteiger partial charge on any atom is 0.268 e. The predicted molar refractivity (Wildman–Crippen MR) is 92.2 cm³/mol. The molecule has 2 heterocycles. The number of rotatable bonds is 5. The Hall–Kier alpha value is -2.25. The summed E-state index contributed by atoms with van der Waals surface area (Å²) in [5, 5.41) is 6.75. The van der Waals surface area contributed by atoms with E-state index >= 15 is 0 Å². The molecule has 0 spiro atoms. The molecule has 0 unspecified atom stereocenters. The highest BCUT2D eigenvalue weighted by molar-refractivity contribution is 7.15. The van der Waals surface area contributed by atoms with Gasteiger partial charge in [-0.25, -0.2) is 4.39 Å². The number of aromatic nitrogens is 2. The highest BCUT2D eigenvalue weighted by atomic mass is 35.5. The minimum atomic E-state index is -0.643. The number of nitrogens with zero attached hydrogens (tertiary/aromatic N) is 2. The second-order valence-electron chi connectivity index (χ2n) is 5.78. The van der Waals surface area contributed by atoms with E-state index in [2.05, 4.69) is 15.5 Å². The molecule has 4 rings (SSSR count). The number of thiophene rings is 1. The van der Waals surface area contributed by atoms with E-state index in [1.54, 1.807) is 0 Å². The maximum absolute atomic E-state index is 13.8. The predicted octanol–water partition coefficient (Wildman–Crippen LogP) is 4.40. The fraction of sp³-hybridized carbons (Fsp3) is 0.235.